The first-order valence-corrected chi connectivity index (χ1v) is 12.3. The fourth-order valence-electron chi connectivity index (χ4n) is 4.95. The van der Waals surface area contributed by atoms with E-state index in [-0.39, 0.29) is 23.3 Å². The van der Waals surface area contributed by atoms with Gasteiger partial charge >= 0.3 is 0 Å². The number of hydrogen-bond acceptors (Lipinski definition) is 4. The molecule has 1 aliphatic carbocycles. The molecule has 1 aliphatic heterocycles. The Hall–Kier alpha value is -2.54. The van der Waals surface area contributed by atoms with Crippen molar-refractivity contribution in [3.8, 4) is 0 Å². The molecule has 0 saturated carbocycles. The van der Waals surface area contributed by atoms with Gasteiger partial charge in [0.25, 0.3) is 10.1 Å². The highest BCUT2D eigenvalue weighted by Gasteiger charge is 2.44. The minimum Gasteiger partial charge on any atom is -0.276 e. The molecule has 32 heavy (non-hydrogen) atoms. The highest BCUT2D eigenvalue weighted by molar-refractivity contribution is 7.86. The molecule has 4 nitrogen and oxygen atoms in total. The van der Waals surface area contributed by atoms with Gasteiger partial charge in [-0.15, -0.1) is 0 Å². The molecule has 0 radical (unpaired) electrons. The molecule has 1 heterocycles. The molecule has 3 atom stereocenters. The number of nitrogens with one attached hydrogen (secondary N) is 1. The van der Waals surface area contributed by atoms with Gasteiger partial charge in [0.2, 0.25) is 0 Å². The standard InChI is InChI=1S/C26H26FNO3S/c1-18-10-12-21(13-11-18)32(29,30)31-17-26(27)15-14-24-22-8-4-2-6-19(22)16-20-7-3-5-9-23(20)25(24)28-26/h2-13,24-25,28H,14-17H2,1H3/t24-,25-,26+/m1/s1. The Labute approximate surface area is 188 Å². The van der Waals surface area contributed by atoms with Gasteiger partial charge in [-0.1, -0.05) is 66.2 Å². The van der Waals surface area contributed by atoms with Crippen LogP contribution in [0, 0.1) is 6.92 Å². The summed E-state index contributed by atoms with van der Waals surface area (Å²) in [6, 6.07) is 22.6. The Kier molecular flexibility index (Phi) is 5.40. The lowest BCUT2D eigenvalue weighted by Gasteiger charge is -2.41. The van der Waals surface area contributed by atoms with Gasteiger partial charge in [-0.3, -0.25) is 9.50 Å². The molecule has 0 spiro atoms. The lowest BCUT2D eigenvalue weighted by Crippen LogP contribution is -2.52. The second-order valence-corrected chi connectivity index (χ2v) is 10.5. The van der Waals surface area contributed by atoms with Crippen LogP contribution in [0.4, 0.5) is 4.39 Å². The minimum atomic E-state index is -4.04. The minimum absolute atomic E-state index is 0.0362. The van der Waals surface area contributed by atoms with Crippen molar-refractivity contribution in [3.63, 3.8) is 0 Å². The maximum absolute atomic E-state index is 16.0. The van der Waals surface area contributed by atoms with Crippen molar-refractivity contribution < 1.29 is 17.0 Å². The Balaban J connectivity index is 1.42. The number of hydrogen-bond donors (Lipinski definition) is 1. The lowest BCUT2D eigenvalue weighted by atomic mass is 9.79. The van der Waals surface area contributed by atoms with Crippen molar-refractivity contribution in [2.45, 2.75) is 48.8 Å². The number of halogens is 1. The number of fused-ring (bicyclic) bond motifs is 5. The summed E-state index contributed by atoms with van der Waals surface area (Å²) in [5.74, 6) is -1.82. The monoisotopic (exact) mass is 451 g/mol. The van der Waals surface area contributed by atoms with E-state index in [4.69, 9.17) is 4.18 Å². The lowest BCUT2D eigenvalue weighted by molar-refractivity contribution is 0.00308. The fraction of sp³-hybridized carbons (Fsp3) is 0.308. The van der Waals surface area contributed by atoms with Crippen LogP contribution in [0.1, 0.15) is 52.6 Å². The molecule has 3 aromatic rings. The summed E-state index contributed by atoms with van der Waals surface area (Å²) in [6.45, 7) is 1.31. The Morgan fingerprint density at radius 3 is 2.31 bits per heavy atom. The van der Waals surface area contributed by atoms with Gasteiger partial charge in [0.15, 0.2) is 5.79 Å². The smallest absolute Gasteiger partial charge is 0.276 e. The van der Waals surface area contributed by atoms with Gasteiger partial charge in [-0.2, -0.15) is 8.42 Å². The molecule has 1 fully saturated rings. The molecule has 2 aliphatic rings. The maximum Gasteiger partial charge on any atom is 0.297 e. The van der Waals surface area contributed by atoms with E-state index in [2.05, 4.69) is 23.5 Å². The summed E-state index contributed by atoms with van der Waals surface area (Å²) < 4.78 is 46.4. The van der Waals surface area contributed by atoms with E-state index in [1.54, 1.807) is 12.1 Å². The van der Waals surface area contributed by atoms with E-state index >= 15 is 4.39 Å². The molecule has 166 valence electrons. The Bertz CT molecular complexity index is 1240. The molecule has 1 saturated heterocycles. The van der Waals surface area contributed by atoms with Crippen LogP contribution in [-0.2, 0) is 20.7 Å². The molecular weight excluding hydrogens is 425 g/mol. The molecule has 0 bridgehead atoms. The Morgan fingerprint density at radius 2 is 1.59 bits per heavy atom. The number of benzene rings is 3. The summed E-state index contributed by atoms with van der Waals surface area (Å²) in [5.41, 5.74) is 5.67. The first-order chi connectivity index (χ1) is 15.3. The zero-order chi connectivity index (χ0) is 22.3. The van der Waals surface area contributed by atoms with Crippen LogP contribution in [0.15, 0.2) is 77.7 Å². The molecule has 0 aromatic heterocycles. The quantitative estimate of drug-likeness (QED) is 0.439. The first-order valence-electron chi connectivity index (χ1n) is 10.9. The van der Waals surface area contributed by atoms with Gasteiger partial charge in [-0.05, 0) is 60.6 Å². The van der Waals surface area contributed by atoms with E-state index in [0.29, 0.717) is 6.42 Å². The molecule has 3 aromatic carbocycles. The zero-order valence-electron chi connectivity index (χ0n) is 17.9. The topological polar surface area (TPSA) is 55.4 Å². The average Bonchev–Trinajstić information content (AvgIpc) is 2.92. The van der Waals surface area contributed by atoms with Crippen LogP contribution in [0.25, 0.3) is 0 Å². The fourth-order valence-corrected chi connectivity index (χ4v) is 5.90. The van der Waals surface area contributed by atoms with Crippen LogP contribution in [-0.4, -0.2) is 20.8 Å². The summed E-state index contributed by atoms with van der Waals surface area (Å²) in [6.07, 6.45) is 1.58. The van der Waals surface area contributed by atoms with Crippen LogP contribution in [0.2, 0.25) is 0 Å². The summed E-state index contributed by atoms with van der Waals surface area (Å²) in [4.78, 5) is 0.0362. The van der Waals surface area contributed by atoms with Crippen molar-refractivity contribution in [1.29, 1.82) is 0 Å². The SMILES string of the molecule is Cc1ccc(S(=O)(=O)OC[C@]2(F)CC[C@@H]3c4ccccc4Cc4ccccc4[C@H]3N2)cc1. The number of alkyl halides is 1. The van der Waals surface area contributed by atoms with E-state index in [1.165, 1.54) is 23.3 Å². The molecule has 0 amide bonds. The second kappa shape index (κ2) is 8.10. The third-order valence-corrected chi connectivity index (χ3v) is 7.92. The van der Waals surface area contributed by atoms with Crippen molar-refractivity contribution in [3.05, 3.63) is 101 Å². The van der Waals surface area contributed by atoms with Crippen LogP contribution < -0.4 is 5.32 Å². The maximum atomic E-state index is 16.0. The van der Waals surface area contributed by atoms with Crippen LogP contribution in [0.5, 0.6) is 0 Å². The van der Waals surface area contributed by atoms with Gasteiger partial charge in [-0.25, -0.2) is 4.39 Å². The highest BCUT2D eigenvalue weighted by Crippen LogP contribution is 2.47. The van der Waals surface area contributed by atoms with Crippen molar-refractivity contribution >= 4 is 10.1 Å². The van der Waals surface area contributed by atoms with Crippen LogP contribution >= 0.6 is 0 Å². The normalized spacial score (nSPS) is 24.7. The molecule has 0 unspecified atom stereocenters. The van der Waals surface area contributed by atoms with Crippen molar-refractivity contribution in [1.82, 2.24) is 5.32 Å². The van der Waals surface area contributed by atoms with Gasteiger partial charge < -0.3 is 0 Å². The molecule has 5 rings (SSSR count). The summed E-state index contributed by atoms with van der Waals surface area (Å²) >= 11 is 0. The zero-order valence-corrected chi connectivity index (χ0v) is 18.7. The van der Waals surface area contributed by atoms with E-state index < -0.39 is 22.5 Å². The van der Waals surface area contributed by atoms with E-state index in [0.717, 1.165) is 23.1 Å². The molecule has 1 N–H and O–H groups in total. The Morgan fingerprint density at radius 1 is 0.969 bits per heavy atom. The third kappa shape index (κ3) is 3.98. The van der Waals surface area contributed by atoms with Crippen molar-refractivity contribution in [2.75, 3.05) is 6.61 Å². The molecule has 6 heteroatoms. The van der Waals surface area contributed by atoms with Gasteiger partial charge in [0.1, 0.15) is 6.61 Å². The number of rotatable bonds is 4. The number of aryl methyl sites for hydroxylation is 1. The highest BCUT2D eigenvalue weighted by atomic mass is 32.2. The number of piperidine rings is 1. The van der Waals surface area contributed by atoms with Crippen molar-refractivity contribution in [2.24, 2.45) is 0 Å². The molecular formula is C26H26FNO3S. The van der Waals surface area contributed by atoms with Gasteiger partial charge in [0.05, 0.1) is 4.90 Å². The largest absolute Gasteiger partial charge is 0.297 e. The third-order valence-electron chi connectivity index (χ3n) is 6.65. The van der Waals surface area contributed by atoms with E-state index in [1.807, 2.05) is 37.3 Å². The predicted molar refractivity (Wildman–Crippen MR) is 122 cm³/mol. The van der Waals surface area contributed by atoms with Gasteiger partial charge in [0, 0.05) is 12.0 Å². The average molecular weight is 452 g/mol. The van der Waals surface area contributed by atoms with Crippen LogP contribution in [0.3, 0.4) is 0 Å². The predicted octanol–water partition coefficient (Wildman–Crippen LogP) is 5.18. The second-order valence-electron chi connectivity index (χ2n) is 8.84. The summed E-state index contributed by atoms with van der Waals surface area (Å²) in [7, 11) is -4.04. The first kappa shape index (κ1) is 21.3. The summed E-state index contributed by atoms with van der Waals surface area (Å²) in [5, 5.41) is 3.15. The van der Waals surface area contributed by atoms with E-state index in [9.17, 15) is 8.42 Å².